The van der Waals surface area contributed by atoms with Crippen molar-refractivity contribution < 1.29 is 16.8 Å². The summed E-state index contributed by atoms with van der Waals surface area (Å²) in [4.78, 5) is 0. The number of nitrogens with one attached hydrogen (secondary N) is 1. The van der Waals surface area contributed by atoms with E-state index in [1.54, 1.807) is 24.3 Å². The maximum absolute atomic E-state index is 11.7. The maximum atomic E-state index is 11.7. The van der Waals surface area contributed by atoms with Gasteiger partial charge in [0.1, 0.15) is 9.84 Å². The summed E-state index contributed by atoms with van der Waals surface area (Å²) in [6.07, 6.45) is 1.05. The van der Waals surface area contributed by atoms with Crippen LogP contribution >= 0.6 is 11.6 Å². The lowest BCUT2D eigenvalue weighted by atomic mass is 10.2. The first-order chi connectivity index (χ1) is 8.20. The van der Waals surface area contributed by atoms with Crippen molar-refractivity contribution in [3.05, 3.63) is 34.9 Å². The molecule has 0 amide bonds. The SMILES string of the molecule is CS(=O)(=O)CCNS(=O)(=O)Cc1ccccc1Cl. The predicted octanol–water partition coefficient (Wildman–Crippen LogP) is 0.804. The van der Waals surface area contributed by atoms with E-state index in [2.05, 4.69) is 4.72 Å². The summed E-state index contributed by atoms with van der Waals surface area (Å²) in [7, 11) is -6.76. The second-order valence-electron chi connectivity index (χ2n) is 3.87. The van der Waals surface area contributed by atoms with E-state index in [1.807, 2.05) is 0 Å². The molecule has 0 fully saturated rings. The molecule has 0 unspecified atom stereocenters. The molecule has 0 aromatic heterocycles. The zero-order chi connectivity index (χ0) is 13.8. The Morgan fingerprint density at radius 3 is 2.33 bits per heavy atom. The van der Waals surface area contributed by atoms with Crippen molar-refractivity contribution in [1.29, 1.82) is 0 Å². The van der Waals surface area contributed by atoms with Crippen molar-refractivity contribution in [3.63, 3.8) is 0 Å². The van der Waals surface area contributed by atoms with Crippen LogP contribution in [-0.2, 0) is 25.6 Å². The number of sulfone groups is 1. The summed E-state index contributed by atoms with van der Waals surface area (Å²) in [5.74, 6) is -0.495. The van der Waals surface area contributed by atoms with Gasteiger partial charge >= 0.3 is 0 Å². The number of benzene rings is 1. The van der Waals surface area contributed by atoms with Crippen LogP contribution in [0.25, 0.3) is 0 Å². The topological polar surface area (TPSA) is 80.3 Å². The lowest BCUT2D eigenvalue weighted by Gasteiger charge is -2.07. The number of hydrogen-bond acceptors (Lipinski definition) is 4. The number of sulfonamides is 1. The largest absolute Gasteiger partial charge is 0.229 e. The lowest BCUT2D eigenvalue weighted by Crippen LogP contribution is -2.30. The standard InChI is InChI=1S/C10H14ClNO4S2/c1-17(13,14)7-6-12-18(15,16)8-9-4-2-3-5-10(9)11/h2-5,12H,6-8H2,1H3. The quantitative estimate of drug-likeness (QED) is 0.843. The van der Waals surface area contributed by atoms with E-state index >= 15 is 0 Å². The summed E-state index contributed by atoms with van der Waals surface area (Å²) in [5.41, 5.74) is 0.478. The molecule has 0 radical (unpaired) electrons. The zero-order valence-corrected chi connectivity index (χ0v) is 12.1. The van der Waals surface area contributed by atoms with Crippen molar-refractivity contribution in [3.8, 4) is 0 Å². The molecule has 5 nitrogen and oxygen atoms in total. The third kappa shape index (κ3) is 5.81. The first kappa shape index (κ1) is 15.4. The highest BCUT2D eigenvalue weighted by Gasteiger charge is 2.14. The highest BCUT2D eigenvalue weighted by Crippen LogP contribution is 2.16. The average Bonchev–Trinajstić information content (AvgIpc) is 2.18. The molecule has 102 valence electrons. The minimum absolute atomic E-state index is 0.133. The van der Waals surface area contributed by atoms with Crippen molar-refractivity contribution in [2.75, 3.05) is 18.6 Å². The van der Waals surface area contributed by atoms with Crippen LogP contribution in [0.2, 0.25) is 5.02 Å². The minimum Gasteiger partial charge on any atom is -0.229 e. The molecule has 0 aliphatic heterocycles. The molecule has 1 aromatic carbocycles. The number of rotatable bonds is 6. The Balaban J connectivity index is 2.64. The predicted molar refractivity (Wildman–Crippen MR) is 71.8 cm³/mol. The van der Waals surface area contributed by atoms with E-state index in [9.17, 15) is 16.8 Å². The Kier molecular flexibility index (Phi) is 5.15. The summed E-state index contributed by atoms with van der Waals surface area (Å²) < 4.78 is 47.3. The third-order valence-corrected chi connectivity index (χ3v) is 4.75. The van der Waals surface area contributed by atoms with Gasteiger partial charge in [0.25, 0.3) is 0 Å². The van der Waals surface area contributed by atoms with E-state index < -0.39 is 19.9 Å². The first-order valence-corrected chi connectivity index (χ1v) is 9.17. The molecule has 0 aliphatic carbocycles. The van der Waals surface area contributed by atoms with Gasteiger partial charge in [0.15, 0.2) is 0 Å². The fourth-order valence-electron chi connectivity index (χ4n) is 1.25. The van der Waals surface area contributed by atoms with E-state index in [-0.39, 0.29) is 18.1 Å². The fraction of sp³-hybridized carbons (Fsp3) is 0.400. The first-order valence-electron chi connectivity index (χ1n) is 5.08. The fourth-order valence-corrected chi connectivity index (χ4v) is 3.31. The van der Waals surface area contributed by atoms with Gasteiger partial charge in [-0.25, -0.2) is 21.6 Å². The highest BCUT2D eigenvalue weighted by atomic mass is 35.5. The Morgan fingerprint density at radius 1 is 1.17 bits per heavy atom. The van der Waals surface area contributed by atoms with Gasteiger partial charge in [-0.1, -0.05) is 29.8 Å². The second-order valence-corrected chi connectivity index (χ2v) is 8.35. The summed E-state index contributed by atoms with van der Waals surface area (Å²) in [6.45, 7) is -0.133. The molecule has 1 N–H and O–H groups in total. The van der Waals surface area contributed by atoms with Crippen LogP contribution in [-0.4, -0.2) is 35.4 Å². The monoisotopic (exact) mass is 311 g/mol. The maximum Gasteiger partial charge on any atom is 0.215 e. The van der Waals surface area contributed by atoms with Crippen LogP contribution in [0, 0.1) is 0 Å². The molecule has 0 bridgehead atoms. The molecule has 1 rings (SSSR count). The molecule has 0 heterocycles. The summed E-state index contributed by atoms with van der Waals surface area (Å²) >= 11 is 5.85. The molecule has 8 heteroatoms. The van der Waals surface area contributed by atoms with Crippen molar-refractivity contribution in [1.82, 2.24) is 4.72 Å². The minimum atomic E-state index is -3.58. The molecule has 0 saturated carbocycles. The molecular weight excluding hydrogens is 298 g/mol. The Morgan fingerprint density at radius 2 is 1.78 bits per heavy atom. The van der Waals surface area contributed by atoms with Gasteiger partial charge in [-0.15, -0.1) is 0 Å². The Labute approximate surface area is 112 Å². The molecule has 0 atom stereocenters. The number of hydrogen-bond donors (Lipinski definition) is 1. The summed E-state index contributed by atoms with van der Waals surface area (Å²) in [6, 6.07) is 6.60. The Bertz CT molecular complexity index is 611. The van der Waals surface area contributed by atoms with Gasteiger partial charge in [-0.05, 0) is 11.6 Å². The third-order valence-electron chi connectivity index (χ3n) is 2.10. The van der Waals surface area contributed by atoms with Crippen LogP contribution in [0.3, 0.4) is 0 Å². The summed E-state index contributed by atoms with van der Waals surface area (Å²) in [5, 5.41) is 0.367. The van der Waals surface area contributed by atoms with Crippen LogP contribution in [0.15, 0.2) is 24.3 Å². The molecule has 0 saturated heterocycles. The van der Waals surface area contributed by atoms with Gasteiger partial charge in [0, 0.05) is 17.8 Å². The van der Waals surface area contributed by atoms with Crippen molar-refractivity contribution >= 4 is 31.5 Å². The van der Waals surface area contributed by atoms with Gasteiger partial charge in [-0.3, -0.25) is 0 Å². The van der Waals surface area contributed by atoms with Gasteiger partial charge in [0.2, 0.25) is 10.0 Å². The molecule has 0 aliphatic rings. The Hall–Kier alpha value is -0.630. The van der Waals surface area contributed by atoms with Gasteiger partial charge in [0.05, 0.1) is 11.5 Å². The second kappa shape index (κ2) is 6.01. The van der Waals surface area contributed by atoms with E-state index in [1.165, 1.54) is 0 Å². The molecule has 0 spiro atoms. The van der Waals surface area contributed by atoms with Gasteiger partial charge in [-0.2, -0.15) is 0 Å². The molecule has 1 aromatic rings. The van der Waals surface area contributed by atoms with Crippen LogP contribution in [0.1, 0.15) is 5.56 Å². The average molecular weight is 312 g/mol. The van der Waals surface area contributed by atoms with Gasteiger partial charge < -0.3 is 0 Å². The van der Waals surface area contributed by atoms with Crippen LogP contribution < -0.4 is 4.72 Å². The van der Waals surface area contributed by atoms with E-state index in [4.69, 9.17) is 11.6 Å². The lowest BCUT2D eigenvalue weighted by molar-refractivity contribution is 0.581. The van der Waals surface area contributed by atoms with E-state index in [0.717, 1.165) is 6.26 Å². The van der Waals surface area contributed by atoms with Crippen LogP contribution in [0.4, 0.5) is 0 Å². The van der Waals surface area contributed by atoms with Crippen LogP contribution in [0.5, 0.6) is 0 Å². The van der Waals surface area contributed by atoms with E-state index in [0.29, 0.717) is 10.6 Å². The highest BCUT2D eigenvalue weighted by molar-refractivity contribution is 7.91. The zero-order valence-electron chi connectivity index (χ0n) is 9.76. The molecular formula is C10H14ClNO4S2. The normalized spacial score (nSPS) is 12.6. The smallest absolute Gasteiger partial charge is 0.215 e. The van der Waals surface area contributed by atoms with Crippen molar-refractivity contribution in [2.45, 2.75) is 5.75 Å². The molecule has 18 heavy (non-hydrogen) atoms. The van der Waals surface area contributed by atoms with Crippen molar-refractivity contribution in [2.24, 2.45) is 0 Å². The number of halogens is 1.